The van der Waals surface area contributed by atoms with E-state index in [4.69, 9.17) is 22.0 Å². The number of hydrogen-bond donors (Lipinski definition) is 6. The molecule has 2 heterocycles. The number of rotatable bonds is 9. The monoisotopic (exact) mass is 638 g/mol. The van der Waals surface area contributed by atoms with Crippen LogP contribution in [0, 0.1) is 6.92 Å². The van der Waals surface area contributed by atoms with Crippen molar-refractivity contribution in [2.45, 2.75) is 31.6 Å². The normalized spacial score (nSPS) is 17.3. The number of sulfonamides is 1. The van der Waals surface area contributed by atoms with E-state index < -0.39 is 81.5 Å². The first-order valence-corrected chi connectivity index (χ1v) is 14.9. The lowest BCUT2D eigenvalue weighted by atomic mass is 9.64. The van der Waals surface area contributed by atoms with Crippen molar-refractivity contribution in [3.8, 4) is 17.2 Å². The van der Waals surface area contributed by atoms with Gasteiger partial charge in [-0.1, -0.05) is 29.8 Å². The number of halogens is 1. The smallest absolute Gasteiger partial charge is 0.526 e. The zero-order chi connectivity index (χ0) is 31.8. The van der Waals surface area contributed by atoms with Crippen LogP contribution in [0.5, 0.6) is 17.2 Å². The van der Waals surface area contributed by atoms with Gasteiger partial charge in [0.15, 0.2) is 17.3 Å². The molecule has 18 heteroatoms. The van der Waals surface area contributed by atoms with Crippen LogP contribution in [0.2, 0.25) is 10.8 Å². The maximum absolute atomic E-state index is 13.7. The molecule has 1 fully saturated rings. The lowest BCUT2D eigenvalue weighted by Crippen LogP contribution is -2.47. The Morgan fingerprint density at radius 1 is 1.21 bits per heavy atom. The fourth-order valence-corrected chi connectivity index (χ4v) is 6.47. The van der Waals surface area contributed by atoms with E-state index in [2.05, 4.69) is 5.32 Å². The maximum Gasteiger partial charge on any atom is 0.526 e. The number of carbonyl (C=O) groups excluding carboxylic acids is 3. The minimum Gasteiger partial charge on any atom is -0.535 e. The van der Waals surface area contributed by atoms with Crippen molar-refractivity contribution >= 4 is 52.6 Å². The number of aromatic hydroxyl groups is 2. The molecular formula is C25H28BClN4O11S. The third kappa shape index (κ3) is 6.20. The van der Waals surface area contributed by atoms with Gasteiger partial charge in [0.2, 0.25) is 10.0 Å². The van der Waals surface area contributed by atoms with Gasteiger partial charge < -0.3 is 36.0 Å². The Kier molecular flexibility index (Phi) is 9.10. The van der Waals surface area contributed by atoms with Crippen LogP contribution in [0.25, 0.3) is 0 Å². The number of Topliss-reactive ketones (excluding diaryl/α,β-unsaturated/α-hetero) is 1. The molecule has 0 radical (unpaired) electrons. The largest absolute Gasteiger partial charge is 0.535 e. The molecule has 1 unspecified atom stereocenters. The number of nitrogens with two attached hydrogens (primary N) is 1. The van der Waals surface area contributed by atoms with Crippen molar-refractivity contribution in [3.05, 3.63) is 51.5 Å². The Bertz CT molecular complexity index is 1610. The average Bonchev–Trinajstić information content (AvgIpc) is 3.33. The molecule has 0 saturated carbocycles. The van der Waals surface area contributed by atoms with Crippen LogP contribution in [-0.2, 0) is 21.2 Å². The highest BCUT2D eigenvalue weighted by Gasteiger charge is 2.43. The number of aryl methyl sites for hydroxylation is 1. The topological polar surface area (TPSA) is 237 Å². The van der Waals surface area contributed by atoms with Crippen LogP contribution in [0.3, 0.4) is 0 Å². The van der Waals surface area contributed by atoms with Gasteiger partial charge in [-0.05, 0) is 30.5 Å². The van der Waals surface area contributed by atoms with E-state index in [9.17, 15) is 47.9 Å². The second-order valence-corrected chi connectivity index (χ2v) is 12.4. The molecule has 0 aromatic heterocycles. The van der Waals surface area contributed by atoms with E-state index in [1.165, 1.54) is 0 Å². The molecule has 0 bridgehead atoms. The molecule has 7 N–H and O–H groups in total. The molecule has 2 aliphatic heterocycles. The Labute approximate surface area is 251 Å². The maximum atomic E-state index is 13.7. The lowest BCUT2D eigenvalue weighted by Gasteiger charge is -2.30. The van der Waals surface area contributed by atoms with Crippen molar-refractivity contribution in [3.63, 3.8) is 0 Å². The molecule has 0 aliphatic carbocycles. The van der Waals surface area contributed by atoms with E-state index in [1.54, 1.807) is 19.1 Å². The van der Waals surface area contributed by atoms with E-state index in [-0.39, 0.29) is 42.9 Å². The quantitative estimate of drug-likeness (QED) is 0.166. The van der Waals surface area contributed by atoms with E-state index in [1.807, 2.05) is 0 Å². The van der Waals surface area contributed by atoms with Gasteiger partial charge >= 0.3 is 25.1 Å². The minimum absolute atomic E-state index is 0.0244. The summed E-state index contributed by atoms with van der Waals surface area (Å²) in [6.07, 6.45) is -0.429. The van der Waals surface area contributed by atoms with Gasteiger partial charge in [-0.3, -0.25) is 4.79 Å². The van der Waals surface area contributed by atoms with E-state index in [0.717, 1.165) is 12.1 Å². The van der Waals surface area contributed by atoms with Crippen molar-refractivity contribution in [1.82, 2.24) is 14.5 Å². The number of aromatic carboxylic acids is 1. The molecular weight excluding hydrogens is 611 g/mol. The molecule has 2 aromatic carbocycles. The van der Waals surface area contributed by atoms with Crippen molar-refractivity contribution in [2.75, 3.05) is 25.4 Å². The van der Waals surface area contributed by atoms with Gasteiger partial charge in [0.05, 0.1) is 23.9 Å². The summed E-state index contributed by atoms with van der Waals surface area (Å²) in [5, 5.41) is 42.2. The second-order valence-electron chi connectivity index (χ2n) is 10.0. The number of benzene rings is 2. The first-order chi connectivity index (χ1) is 20.2. The van der Waals surface area contributed by atoms with E-state index in [0.29, 0.717) is 20.3 Å². The summed E-state index contributed by atoms with van der Waals surface area (Å²) in [5.74, 6) is -4.89. The summed E-state index contributed by atoms with van der Waals surface area (Å²) in [7, 11) is -5.70. The summed E-state index contributed by atoms with van der Waals surface area (Å²) in [5.41, 5.74) is 5.85. The standard InChI is InChI=1S/C25H28BClN4O11S/c1-12-2-3-13-10-14(26(39)42-22(13)18(12)23(35)36)11-17(33)20(15-4-5-16(32)21(34)19(15)27)29-24(37)30-7-8-31(25(30)38)43(40,41)9-6-28/h2-5,14,20,32,34,39H,6-11,28H2,1H3,(H,29,37)(H,35,36)/t14-,20?/m1/s1. The number of fused-ring (bicyclic) bond motifs is 1. The summed E-state index contributed by atoms with van der Waals surface area (Å²) in [6, 6.07) is 1.41. The van der Waals surface area contributed by atoms with Gasteiger partial charge in [0.25, 0.3) is 0 Å². The summed E-state index contributed by atoms with van der Waals surface area (Å²) in [4.78, 5) is 52.0. The lowest BCUT2D eigenvalue weighted by molar-refractivity contribution is -0.121. The number of nitrogens with zero attached hydrogens (tertiary/aromatic N) is 2. The van der Waals surface area contributed by atoms with Crippen LogP contribution >= 0.6 is 11.6 Å². The van der Waals surface area contributed by atoms with E-state index >= 15 is 0 Å². The molecule has 15 nitrogen and oxygen atoms in total. The number of carbonyl (C=O) groups is 4. The van der Waals surface area contributed by atoms with Crippen LogP contribution in [0.1, 0.15) is 39.5 Å². The van der Waals surface area contributed by atoms with Gasteiger partial charge in [-0.15, -0.1) is 0 Å². The van der Waals surface area contributed by atoms with Gasteiger partial charge in [0.1, 0.15) is 17.4 Å². The summed E-state index contributed by atoms with van der Waals surface area (Å²) in [6.45, 7) is 0.644. The fraction of sp³-hybridized carbons (Fsp3) is 0.360. The molecule has 2 aromatic rings. The molecule has 2 aliphatic rings. The highest BCUT2D eigenvalue weighted by molar-refractivity contribution is 7.89. The first kappa shape index (κ1) is 31.9. The highest BCUT2D eigenvalue weighted by atomic mass is 35.5. The number of phenols is 2. The number of hydrogen-bond acceptors (Lipinski definition) is 11. The van der Waals surface area contributed by atoms with Crippen LogP contribution < -0.4 is 15.7 Å². The third-order valence-corrected chi connectivity index (χ3v) is 9.36. The van der Waals surface area contributed by atoms with Gasteiger partial charge in [-0.25, -0.2) is 32.0 Å². The van der Waals surface area contributed by atoms with Crippen molar-refractivity contribution in [2.24, 2.45) is 5.73 Å². The fourth-order valence-electron chi connectivity index (χ4n) is 4.98. The highest BCUT2D eigenvalue weighted by Crippen LogP contribution is 2.41. The van der Waals surface area contributed by atoms with Crippen molar-refractivity contribution < 1.29 is 52.6 Å². The predicted octanol–water partition coefficient (Wildman–Crippen LogP) is 0.980. The molecule has 43 heavy (non-hydrogen) atoms. The SMILES string of the molecule is Cc1ccc2c(c1C(=O)O)OB(O)[C@@H](CC(=O)C(NC(=O)N1CCN(S(=O)(=O)CCN)C1=O)c1ccc(O)c(O)c1Cl)C2. The number of imide groups is 1. The molecule has 1 saturated heterocycles. The Balaban J connectivity index is 1.61. The van der Waals surface area contributed by atoms with Gasteiger partial charge in [0, 0.05) is 24.3 Å². The summed E-state index contributed by atoms with van der Waals surface area (Å²) >= 11 is 6.20. The molecule has 230 valence electrons. The zero-order valence-corrected chi connectivity index (χ0v) is 24.3. The Hall–Kier alpha value is -4.06. The number of nitrogens with one attached hydrogen (secondary N) is 1. The van der Waals surface area contributed by atoms with Gasteiger partial charge in [-0.2, -0.15) is 0 Å². The predicted molar refractivity (Wildman–Crippen MR) is 152 cm³/mol. The molecule has 2 atom stereocenters. The Morgan fingerprint density at radius 3 is 2.56 bits per heavy atom. The molecule has 0 spiro atoms. The average molecular weight is 639 g/mol. The minimum atomic E-state index is -4.09. The summed E-state index contributed by atoms with van der Waals surface area (Å²) < 4.78 is 30.7. The zero-order valence-electron chi connectivity index (χ0n) is 22.7. The Morgan fingerprint density at radius 2 is 1.91 bits per heavy atom. The number of amides is 4. The van der Waals surface area contributed by atoms with Crippen LogP contribution in [0.15, 0.2) is 24.3 Å². The second kappa shape index (κ2) is 12.3. The first-order valence-electron chi connectivity index (χ1n) is 12.9. The van der Waals surface area contributed by atoms with Crippen LogP contribution in [0.4, 0.5) is 9.59 Å². The van der Waals surface area contributed by atoms with Crippen molar-refractivity contribution in [1.29, 1.82) is 0 Å². The number of phenolic OH excluding ortho intramolecular Hbond substituents is 2. The molecule has 4 rings (SSSR count). The number of carboxylic acids is 1. The number of carboxylic acid groups (broad SMARTS) is 1. The van der Waals surface area contributed by atoms with Crippen LogP contribution in [-0.4, -0.2) is 94.3 Å². The number of ketones is 1. The third-order valence-electron chi connectivity index (χ3n) is 7.20. The number of urea groups is 2. The molecule has 4 amide bonds.